The van der Waals surface area contributed by atoms with Crippen molar-refractivity contribution in [3.8, 4) is 0 Å². The zero-order chi connectivity index (χ0) is 17.5. The fourth-order valence-corrected chi connectivity index (χ4v) is 3.86. The Morgan fingerprint density at radius 1 is 1.12 bits per heavy atom. The molecule has 2 aliphatic heterocycles. The highest BCUT2D eigenvalue weighted by Gasteiger charge is 2.27. The van der Waals surface area contributed by atoms with Gasteiger partial charge in [0.05, 0.1) is 6.61 Å². The Kier molecular flexibility index (Phi) is 6.88. The van der Waals surface area contributed by atoms with Gasteiger partial charge in [0.15, 0.2) is 0 Å². The van der Waals surface area contributed by atoms with E-state index >= 15 is 0 Å². The summed E-state index contributed by atoms with van der Waals surface area (Å²) in [6.07, 6.45) is 6.11. The molecule has 1 aromatic carbocycles. The Morgan fingerprint density at radius 2 is 1.88 bits per heavy atom. The Bertz CT molecular complexity index is 537. The van der Waals surface area contributed by atoms with Gasteiger partial charge in [-0.05, 0) is 56.5 Å². The van der Waals surface area contributed by atoms with Crippen molar-refractivity contribution in [1.29, 1.82) is 0 Å². The van der Waals surface area contributed by atoms with Gasteiger partial charge in [-0.15, -0.1) is 0 Å². The van der Waals surface area contributed by atoms with E-state index in [1.807, 2.05) is 17.0 Å². The van der Waals surface area contributed by atoms with Crippen LogP contribution in [0.3, 0.4) is 0 Å². The molecule has 1 atom stereocenters. The van der Waals surface area contributed by atoms with Gasteiger partial charge in [0.1, 0.15) is 0 Å². The van der Waals surface area contributed by atoms with E-state index < -0.39 is 0 Å². The lowest BCUT2D eigenvalue weighted by atomic mass is 10.1. The lowest BCUT2D eigenvalue weighted by molar-refractivity contribution is 0.0754. The molecule has 1 aromatic rings. The number of hydrogen-bond acceptors (Lipinski definition) is 3. The lowest BCUT2D eigenvalue weighted by Gasteiger charge is -2.26. The number of hydrogen-bond donors (Lipinski definition) is 0. The van der Waals surface area contributed by atoms with Gasteiger partial charge >= 0.3 is 0 Å². The van der Waals surface area contributed by atoms with Crippen LogP contribution in [0.1, 0.15) is 54.9 Å². The molecule has 138 valence electrons. The monoisotopic (exact) mass is 344 g/mol. The topological polar surface area (TPSA) is 32.8 Å². The minimum absolute atomic E-state index is 0.169. The highest BCUT2D eigenvalue weighted by Crippen LogP contribution is 2.20. The first-order valence-corrected chi connectivity index (χ1v) is 9.94. The minimum Gasteiger partial charge on any atom is -0.381 e. The van der Waals surface area contributed by atoms with Crippen molar-refractivity contribution < 1.29 is 9.53 Å². The smallest absolute Gasteiger partial charge is 0.253 e. The Morgan fingerprint density at radius 3 is 2.60 bits per heavy atom. The van der Waals surface area contributed by atoms with E-state index in [9.17, 15) is 4.79 Å². The molecule has 2 saturated heterocycles. The van der Waals surface area contributed by atoms with Gasteiger partial charge in [0.25, 0.3) is 5.91 Å². The standard InChI is InChI=1S/C21H32N2O2/c1-2-14-25-17-19-10-13-23(16-19)21(24)20-8-6-18(7-9-20)15-22-11-4-3-5-12-22/h6-9,19H,2-5,10-17H2,1H3. The van der Waals surface area contributed by atoms with Crippen LogP contribution in [0.4, 0.5) is 0 Å². The van der Waals surface area contributed by atoms with Gasteiger partial charge in [-0.25, -0.2) is 0 Å². The third-order valence-electron chi connectivity index (χ3n) is 5.33. The summed E-state index contributed by atoms with van der Waals surface area (Å²) in [6.45, 7) is 8.84. The molecule has 2 aliphatic rings. The maximum atomic E-state index is 12.7. The van der Waals surface area contributed by atoms with Gasteiger partial charge in [-0.2, -0.15) is 0 Å². The van der Waals surface area contributed by atoms with Crippen LogP contribution in [0.25, 0.3) is 0 Å². The predicted octanol–water partition coefficient (Wildman–Crippen LogP) is 3.56. The molecule has 2 heterocycles. The van der Waals surface area contributed by atoms with E-state index in [1.165, 1.54) is 37.9 Å². The number of nitrogens with zero attached hydrogens (tertiary/aromatic N) is 2. The van der Waals surface area contributed by atoms with Crippen LogP contribution in [-0.4, -0.2) is 55.1 Å². The summed E-state index contributed by atoms with van der Waals surface area (Å²) < 4.78 is 5.65. The zero-order valence-electron chi connectivity index (χ0n) is 15.6. The van der Waals surface area contributed by atoms with Crippen LogP contribution in [-0.2, 0) is 11.3 Å². The third-order valence-corrected chi connectivity index (χ3v) is 5.33. The predicted molar refractivity (Wildman–Crippen MR) is 101 cm³/mol. The summed E-state index contributed by atoms with van der Waals surface area (Å²) in [5, 5.41) is 0. The fourth-order valence-electron chi connectivity index (χ4n) is 3.86. The maximum absolute atomic E-state index is 12.7. The van der Waals surface area contributed by atoms with Crippen molar-refractivity contribution in [3.63, 3.8) is 0 Å². The van der Waals surface area contributed by atoms with Crippen LogP contribution < -0.4 is 0 Å². The van der Waals surface area contributed by atoms with Crippen molar-refractivity contribution in [2.75, 3.05) is 39.4 Å². The molecular weight excluding hydrogens is 312 g/mol. The fraction of sp³-hybridized carbons (Fsp3) is 0.667. The first-order chi connectivity index (χ1) is 12.3. The molecule has 3 rings (SSSR count). The number of ether oxygens (including phenoxy) is 1. The maximum Gasteiger partial charge on any atom is 0.253 e. The highest BCUT2D eigenvalue weighted by atomic mass is 16.5. The molecule has 4 nitrogen and oxygen atoms in total. The number of benzene rings is 1. The summed E-state index contributed by atoms with van der Waals surface area (Å²) in [4.78, 5) is 17.2. The summed E-state index contributed by atoms with van der Waals surface area (Å²) in [6, 6.07) is 8.25. The van der Waals surface area contributed by atoms with E-state index in [0.717, 1.165) is 51.3 Å². The summed E-state index contributed by atoms with van der Waals surface area (Å²) >= 11 is 0. The SMILES string of the molecule is CCCOCC1CCN(C(=O)c2ccc(CN3CCCCC3)cc2)C1. The summed E-state index contributed by atoms with van der Waals surface area (Å²) in [5.41, 5.74) is 2.13. The lowest BCUT2D eigenvalue weighted by Crippen LogP contribution is -2.30. The molecular formula is C21H32N2O2. The van der Waals surface area contributed by atoms with Crippen LogP contribution in [0, 0.1) is 5.92 Å². The van der Waals surface area contributed by atoms with Gasteiger partial charge in [0, 0.05) is 37.7 Å². The third kappa shape index (κ3) is 5.29. The Balaban J connectivity index is 1.49. The molecule has 0 radical (unpaired) electrons. The summed E-state index contributed by atoms with van der Waals surface area (Å²) in [5.74, 6) is 0.663. The normalized spacial score (nSPS) is 21.6. The molecule has 0 spiro atoms. The number of carbonyl (C=O) groups is 1. The highest BCUT2D eigenvalue weighted by molar-refractivity contribution is 5.94. The molecule has 25 heavy (non-hydrogen) atoms. The molecule has 1 unspecified atom stereocenters. The van der Waals surface area contributed by atoms with E-state index in [1.54, 1.807) is 0 Å². The molecule has 1 amide bonds. The van der Waals surface area contributed by atoms with Crippen molar-refractivity contribution in [2.45, 2.75) is 45.6 Å². The van der Waals surface area contributed by atoms with Crippen molar-refractivity contribution in [2.24, 2.45) is 5.92 Å². The number of amides is 1. The largest absolute Gasteiger partial charge is 0.381 e. The van der Waals surface area contributed by atoms with E-state index in [4.69, 9.17) is 4.74 Å². The van der Waals surface area contributed by atoms with E-state index in [0.29, 0.717) is 5.92 Å². The van der Waals surface area contributed by atoms with Gasteiger partial charge in [-0.3, -0.25) is 9.69 Å². The second-order valence-corrected chi connectivity index (χ2v) is 7.51. The average molecular weight is 344 g/mol. The second-order valence-electron chi connectivity index (χ2n) is 7.51. The molecule has 0 saturated carbocycles. The molecule has 2 fully saturated rings. The van der Waals surface area contributed by atoms with Gasteiger partial charge in [-0.1, -0.05) is 25.5 Å². The van der Waals surface area contributed by atoms with Crippen molar-refractivity contribution in [1.82, 2.24) is 9.80 Å². The molecule has 0 bridgehead atoms. The molecule has 0 aliphatic carbocycles. The van der Waals surface area contributed by atoms with E-state index in [-0.39, 0.29) is 5.91 Å². The van der Waals surface area contributed by atoms with Crippen molar-refractivity contribution >= 4 is 5.91 Å². The first kappa shape index (κ1) is 18.4. The molecule has 4 heteroatoms. The van der Waals surface area contributed by atoms with E-state index in [2.05, 4.69) is 24.0 Å². The van der Waals surface area contributed by atoms with Crippen LogP contribution in [0.5, 0.6) is 0 Å². The molecule has 0 N–H and O–H groups in total. The van der Waals surface area contributed by atoms with Crippen LogP contribution in [0.15, 0.2) is 24.3 Å². The average Bonchev–Trinajstić information content (AvgIpc) is 3.12. The van der Waals surface area contributed by atoms with Crippen LogP contribution in [0.2, 0.25) is 0 Å². The zero-order valence-corrected chi connectivity index (χ0v) is 15.6. The molecule has 0 aromatic heterocycles. The number of rotatable bonds is 7. The number of piperidine rings is 1. The Hall–Kier alpha value is -1.39. The van der Waals surface area contributed by atoms with Gasteiger partial charge < -0.3 is 9.64 Å². The Labute approximate surface area is 152 Å². The van der Waals surface area contributed by atoms with Gasteiger partial charge in [0.2, 0.25) is 0 Å². The quantitative estimate of drug-likeness (QED) is 0.709. The number of carbonyl (C=O) groups excluding carboxylic acids is 1. The van der Waals surface area contributed by atoms with Crippen LogP contribution >= 0.6 is 0 Å². The minimum atomic E-state index is 0.169. The summed E-state index contributed by atoms with van der Waals surface area (Å²) in [7, 11) is 0. The second kappa shape index (κ2) is 9.35. The van der Waals surface area contributed by atoms with Crippen molar-refractivity contribution in [3.05, 3.63) is 35.4 Å². The first-order valence-electron chi connectivity index (χ1n) is 9.94. The number of likely N-dealkylation sites (tertiary alicyclic amines) is 2.